The van der Waals surface area contributed by atoms with E-state index in [4.69, 9.17) is 11.3 Å². The van der Waals surface area contributed by atoms with Crippen molar-refractivity contribution in [1.82, 2.24) is 0 Å². The summed E-state index contributed by atoms with van der Waals surface area (Å²) < 4.78 is 4.64. The molecule has 0 aromatic carbocycles. The van der Waals surface area contributed by atoms with Gasteiger partial charge in [-0.05, 0) is 18.9 Å². The van der Waals surface area contributed by atoms with Crippen molar-refractivity contribution >= 4 is 5.97 Å². The zero-order chi connectivity index (χ0) is 9.40. The molecule has 0 fully saturated rings. The molecule has 0 unspecified atom stereocenters. The molecule has 0 aromatic heterocycles. The van der Waals surface area contributed by atoms with Gasteiger partial charge in [0, 0.05) is 11.5 Å². The number of azide groups is 1. The number of nitrogens with zero attached hydrogens (tertiary/aromatic N) is 3. The van der Waals surface area contributed by atoms with Gasteiger partial charge in [0.05, 0.1) is 6.61 Å². The molecule has 0 saturated carbocycles. The van der Waals surface area contributed by atoms with Crippen LogP contribution >= 0.6 is 0 Å². The molecule has 0 rings (SSSR count). The Labute approximate surface area is 70.3 Å². The molecule has 0 bridgehead atoms. The van der Waals surface area contributed by atoms with Gasteiger partial charge in [-0.1, -0.05) is 5.11 Å². The summed E-state index contributed by atoms with van der Waals surface area (Å²) in [7, 11) is 0. The van der Waals surface area contributed by atoms with Crippen LogP contribution in [-0.2, 0) is 9.53 Å². The van der Waals surface area contributed by atoms with Crippen LogP contribution in [0.3, 0.4) is 0 Å². The van der Waals surface area contributed by atoms with Crippen molar-refractivity contribution < 1.29 is 9.53 Å². The Morgan fingerprint density at radius 2 is 2.50 bits per heavy atom. The summed E-state index contributed by atoms with van der Waals surface area (Å²) in [5.74, 6) is -0.453. The van der Waals surface area contributed by atoms with Crippen LogP contribution in [-0.4, -0.2) is 25.2 Å². The lowest BCUT2D eigenvalue weighted by Crippen LogP contribution is -2.32. The molecular weight excluding hydrogens is 160 g/mol. The minimum atomic E-state index is -0.685. The first-order chi connectivity index (χ1) is 5.72. The maximum atomic E-state index is 10.9. The SMILES string of the molecule is CCOC(=O)[C@@H](N)CCN=[N+]=[N-]. The third-order valence-electron chi connectivity index (χ3n) is 1.19. The smallest absolute Gasteiger partial charge is 0.322 e. The van der Waals surface area contributed by atoms with Gasteiger partial charge < -0.3 is 10.5 Å². The third kappa shape index (κ3) is 4.54. The molecule has 0 aliphatic rings. The van der Waals surface area contributed by atoms with Crippen molar-refractivity contribution in [3.05, 3.63) is 10.4 Å². The van der Waals surface area contributed by atoms with E-state index in [1.807, 2.05) is 0 Å². The quantitative estimate of drug-likeness (QED) is 0.284. The fourth-order valence-corrected chi connectivity index (χ4v) is 0.609. The van der Waals surface area contributed by atoms with Gasteiger partial charge in [-0.2, -0.15) is 0 Å². The van der Waals surface area contributed by atoms with Crippen molar-refractivity contribution in [2.75, 3.05) is 13.2 Å². The molecule has 0 aliphatic carbocycles. The lowest BCUT2D eigenvalue weighted by Gasteiger charge is -2.07. The summed E-state index contributed by atoms with van der Waals surface area (Å²) in [5.41, 5.74) is 13.3. The van der Waals surface area contributed by atoms with Crippen LogP contribution in [0.15, 0.2) is 5.11 Å². The highest BCUT2D eigenvalue weighted by Gasteiger charge is 2.12. The van der Waals surface area contributed by atoms with Crippen LogP contribution in [0, 0.1) is 0 Å². The molecule has 6 heteroatoms. The number of hydrogen-bond donors (Lipinski definition) is 1. The average Bonchev–Trinajstić information content (AvgIpc) is 2.05. The summed E-state index contributed by atoms with van der Waals surface area (Å²) >= 11 is 0. The molecule has 0 radical (unpaired) electrons. The predicted molar refractivity (Wildman–Crippen MR) is 43.2 cm³/mol. The molecule has 0 amide bonds. The molecular formula is C6H12N4O2. The van der Waals surface area contributed by atoms with Crippen LogP contribution in [0.5, 0.6) is 0 Å². The molecule has 6 nitrogen and oxygen atoms in total. The van der Waals surface area contributed by atoms with E-state index >= 15 is 0 Å². The Bertz CT molecular complexity index is 188. The molecule has 0 aliphatic heterocycles. The number of hydrogen-bond acceptors (Lipinski definition) is 4. The van der Waals surface area contributed by atoms with Gasteiger partial charge in [-0.25, -0.2) is 0 Å². The van der Waals surface area contributed by atoms with Crippen LogP contribution in [0.1, 0.15) is 13.3 Å². The zero-order valence-electron chi connectivity index (χ0n) is 6.93. The van der Waals surface area contributed by atoms with Crippen LogP contribution in [0.25, 0.3) is 10.4 Å². The molecule has 12 heavy (non-hydrogen) atoms. The van der Waals surface area contributed by atoms with Crippen molar-refractivity contribution in [1.29, 1.82) is 0 Å². The Kier molecular flexibility index (Phi) is 5.77. The Morgan fingerprint density at radius 1 is 1.83 bits per heavy atom. The van der Waals surface area contributed by atoms with Gasteiger partial charge in [-0.15, -0.1) is 0 Å². The highest BCUT2D eigenvalue weighted by atomic mass is 16.5. The predicted octanol–water partition coefficient (Wildman–Crippen LogP) is 0.577. The number of ether oxygens (including phenoxy) is 1. The standard InChI is InChI=1S/C6H12N4O2/c1-2-12-6(11)5(7)3-4-9-10-8/h5H,2-4,7H2,1H3/t5-/m0/s1. The Morgan fingerprint density at radius 3 is 3.00 bits per heavy atom. The van der Waals surface area contributed by atoms with E-state index in [2.05, 4.69) is 14.8 Å². The van der Waals surface area contributed by atoms with E-state index in [9.17, 15) is 4.79 Å². The highest BCUT2D eigenvalue weighted by Crippen LogP contribution is 1.92. The number of esters is 1. The summed E-state index contributed by atoms with van der Waals surface area (Å²) in [6.45, 7) is 2.24. The van der Waals surface area contributed by atoms with Crippen molar-refractivity contribution in [3.8, 4) is 0 Å². The fourth-order valence-electron chi connectivity index (χ4n) is 0.609. The van der Waals surface area contributed by atoms with Gasteiger partial charge in [-0.3, -0.25) is 4.79 Å². The normalized spacial score (nSPS) is 11.5. The van der Waals surface area contributed by atoms with Gasteiger partial charge in [0.25, 0.3) is 0 Å². The topological polar surface area (TPSA) is 101 Å². The Balaban J connectivity index is 3.63. The van der Waals surface area contributed by atoms with Crippen LogP contribution in [0.4, 0.5) is 0 Å². The second-order valence-corrected chi connectivity index (χ2v) is 2.10. The maximum Gasteiger partial charge on any atom is 0.322 e. The third-order valence-corrected chi connectivity index (χ3v) is 1.19. The van der Waals surface area contributed by atoms with E-state index in [1.165, 1.54) is 0 Å². The summed E-state index contributed by atoms with van der Waals surface area (Å²) in [6, 6.07) is -0.685. The highest BCUT2D eigenvalue weighted by molar-refractivity contribution is 5.75. The van der Waals surface area contributed by atoms with Gasteiger partial charge >= 0.3 is 5.97 Å². The lowest BCUT2D eigenvalue weighted by molar-refractivity contribution is -0.144. The van der Waals surface area contributed by atoms with Crippen LogP contribution < -0.4 is 5.73 Å². The molecule has 68 valence electrons. The Hall–Kier alpha value is -1.26. The second kappa shape index (κ2) is 6.45. The minimum absolute atomic E-state index is 0.219. The van der Waals surface area contributed by atoms with Crippen molar-refractivity contribution in [3.63, 3.8) is 0 Å². The lowest BCUT2D eigenvalue weighted by atomic mass is 10.2. The molecule has 0 saturated heterocycles. The molecule has 2 N–H and O–H groups in total. The van der Waals surface area contributed by atoms with E-state index in [0.29, 0.717) is 13.0 Å². The second-order valence-electron chi connectivity index (χ2n) is 2.10. The summed E-state index contributed by atoms with van der Waals surface area (Å²) in [6.07, 6.45) is 0.322. The monoisotopic (exact) mass is 172 g/mol. The fraction of sp³-hybridized carbons (Fsp3) is 0.833. The molecule has 1 atom stereocenters. The number of carbonyl (C=O) groups is 1. The minimum Gasteiger partial charge on any atom is -0.465 e. The van der Waals surface area contributed by atoms with Gasteiger partial charge in [0.2, 0.25) is 0 Å². The summed E-state index contributed by atoms with van der Waals surface area (Å²) in [5, 5.41) is 3.25. The first-order valence-corrected chi connectivity index (χ1v) is 3.65. The number of rotatable bonds is 5. The summed E-state index contributed by atoms with van der Waals surface area (Å²) in [4.78, 5) is 13.4. The zero-order valence-corrected chi connectivity index (χ0v) is 6.93. The van der Waals surface area contributed by atoms with Crippen molar-refractivity contribution in [2.24, 2.45) is 10.8 Å². The largest absolute Gasteiger partial charge is 0.465 e. The molecule has 0 spiro atoms. The number of nitrogens with two attached hydrogens (primary N) is 1. The van der Waals surface area contributed by atoms with Crippen LogP contribution in [0.2, 0.25) is 0 Å². The molecule has 0 heterocycles. The van der Waals surface area contributed by atoms with E-state index in [0.717, 1.165) is 0 Å². The van der Waals surface area contributed by atoms with E-state index in [1.54, 1.807) is 6.92 Å². The van der Waals surface area contributed by atoms with E-state index < -0.39 is 12.0 Å². The first-order valence-electron chi connectivity index (χ1n) is 3.65. The first kappa shape index (κ1) is 10.7. The average molecular weight is 172 g/mol. The van der Waals surface area contributed by atoms with Crippen molar-refractivity contribution in [2.45, 2.75) is 19.4 Å². The number of carbonyl (C=O) groups excluding carboxylic acids is 1. The van der Waals surface area contributed by atoms with Gasteiger partial charge in [0.1, 0.15) is 6.04 Å². The van der Waals surface area contributed by atoms with Gasteiger partial charge in [0.15, 0.2) is 0 Å². The maximum absolute atomic E-state index is 10.9. The van der Waals surface area contributed by atoms with E-state index in [-0.39, 0.29) is 6.54 Å². The molecule has 0 aromatic rings.